The maximum Gasteiger partial charge on any atom is 0.149 e. The van der Waals surface area contributed by atoms with E-state index in [4.69, 9.17) is 11.5 Å². The smallest absolute Gasteiger partial charge is 0.149 e. The third-order valence-corrected chi connectivity index (χ3v) is 2.66. The molecule has 0 aliphatic heterocycles. The van der Waals surface area contributed by atoms with E-state index >= 15 is 0 Å². The summed E-state index contributed by atoms with van der Waals surface area (Å²) in [6.45, 7) is 0.695. The van der Waals surface area contributed by atoms with E-state index in [9.17, 15) is 0 Å². The minimum Gasteiger partial charge on any atom is -0.396 e. The van der Waals surface area contributed by atoms with Crippen LogP contribution in [0.4, 0.5) is 17.3 Å². The van der Waals surface area contributed by atoms with Gasteiger partial charge in [-0.25, -0.2) is 4.98 Å². The molecule has 2 rings (SSSR count). The third kappa shape index (κ3) is 2.35. The van der Waals surface area contributed by atoms with Gasteiger partial charge >= 0.3 is 0 Å². The number of aromatic nitrogens is 2. The molecule has 0 amide bonds. The van der Waals surface area contributed by atoms with Gasteiger partial charge in [0.1, 0.15) is 11.6 Å². The first kappa shape index (κ1) is 9.72. The third-order valence-electron chi connectivity index (χ3n) is 1.88. The number of hydrogen-bond donors (Lipinski definition) is 3. The summed E-state index contributed by atoms with van der Waals surface area (Å²) < 4.78 is 0. The molecule has 5 nitrogen and oxygen atoms in total. The van der Waals surface area contributed by atoms with Gasteiger partial charge in [-0.2, -0.15) is 0 Å². The van der Waals surface area contributed by atoms with Crippen LogP contribution in [0.15, 0.2) is 23.8 Å². The fraction of sp³-hybridized carbons (Fsp3) is 0.111. The molecule has 0 saturated carbocycles. The quantitative estimate of drug-likeness (QED) is 0.727. The Labute approximate surface area is 91.2 Å². The standard InChI is InChI=1S/C9H11N5S/c10-7-1-2-8(14-9(7)11)13-4-6-3-12-5-15-6/h1-3,5H,4,10H2,(H3,11,13,14). The van der Waals surface area contributed by atoms with Gasteiger partial charge in [0.15, 0.2) is 0 Å². The summed E-state index contributed by atoms with van der Waals surface area (Å²) in [5, 5.41) is 3.14. The molecule has 2 aromatic rings. The van der Waals surface area contributed by atoms with Crippen LogP contribution in [0.25, 0.3) is 0 Å². The molecule has 0 aliphatic carbocycles. The van der Waals surface area contributed by atoms with Crippen LogP contribution < -0.4 is 16.8 Å². The first-order chi connectivity index (χ1) is 7.25. The minimum absolute atomic E-state index is 0.351. The molecule has 0 unspecified atom stereocenters. The molecule has 0 fully saturated rings. The monoisotopic (exact) mass is 221 g/mol. The molecule has 78 valence electrons. The fourth-order valence-electron chi connectivity index (χ4n) is 1.09. The topological polar surface area (TPSA) is 89.8 Å². The Morgan fingerprint density at radius 2 is 2.20 bits per heavy atom. The van der Waals surface area contributed by atoms with E-state index in [-0.39, 0.29) is 0 Å². The van der Waals surface area contributed by atoms with Crippen LogP contribution in [0.5, 0.6) is 0 Å². The van der Waals surface area contributed by atoms with Crippen LogP contribution in [0.2, 0.25) is 0 Å². The summed E-state index contributed by atoms with van der Waals surface area (Å²) in [7, 11) is 0. The van der Waals surface area contributed by atoms with Gasteiger partial charge in [0, 0.05) is 11.1 Å². The van der Waals surface area contributed by atoms with Crippen LogP contribution in [0.3, 0.4) is 0 Å². The molecule has 0 atom stereocenters. The lowest BCUT2D eigenvalue weighted by molar-refractivity contribution is 1.13. The summed E-state index contributed by atoms with van der Waals surface area (Å²) in [4.78, 5) is 9.22. The maximum absolute atomic E-state index is 5.58. The predicted molar refractivity (Wildman–Crippen MR) is 62.5 cm³/mol. The molecule has 0 aromatic carbocycles. The Kier molecular flexibility index (Phi) is 2.68. The Morgan fingerprint density at radius 1 is 1.33 bits per heavy atom. The molecule has 5 N–H and O–H groups in total. The van der Waals surface area contributed by atoms with Crippen molar-refractivity contribution < 1.29 is 0 Å². The molecule has 0 spiro atoms. The molecular weight excluding hydrogens is 210 g/mol. The summed E-state index contributed by atoms with van der Waals surface area (Å²) in [5.74, 6) is 1.07. The van der Waals surface area contributed by atoms with E-state index in [0.717, 1.165) is 10.7 Å². The lowest BCUT2D eigenvalue weighted by atomic mass is 10.4. The van der Waals surface area contributed by atoms with E-state index in [2.05, 4.69) is 15.3 Å². The number of anilines is 3. The summed E-state index contributed by atoms with van der Waals surface area (Å²) in [6, 6.07) is 3.53. The van der Waals surface area contributed by atoms with Crippen molar-refractivity contribution in [1.29, 1.82) is 0 Å². The van der Waals surface area contributed by atoms with Crippen molar-refractivity contribution in [3.05, 3.63) is 28.7 Å². The SMILES string of the molecule is Nc1ccc(NCc2cncs2)nc1N. The van der Waals surface area contributed by atoms with E-state index < -0.39 is 0 Å². The molecule has 0 bridgehead atoms. The van der Waals surface area contributed by atoms with Crippen LogP contribution in [-0.4, -0.2) is 9.97 Å². The number of nitrogens with two attached hydrogens (primary N) is 2. The second-order valence-electron chi connectivity index (χ2n) is 2.99. The molecule has 0 aliphatic rings. The average molecular weight is 221 g/mol. The van der Waals surface area contributed by atoms with Crippen LogP contribution >= 0.6 is 11.3 Å². The zero-order chi connectivity index (χ0) is 10.7. The van der Waals surface area contributed by atoms with Crippen molar-refractivity contribution in [1.82, 2.24) is 9.97 Å². The first-order valence-corrected chi connectivity index (χ1v) is 5.27. The van der Waals surface area contributed by atoms with Crippen molar-refractivity contribution in [2.45, 2.75) is 6.54 Å². The highest BCUT2D eigenvalue weighted by molar-refractivity contribution is 7.09. The second-order valence-corrected chi connectivity index (χ2v) is 3.96. The van der Waals surface area contributed by atoms with Gasteiger partial charge in [-0.05, 0) is 12.1 Å². The van der Waals surface area contributed by atoms with Gasteiger partial charge in [0.2, 0.25) is 0 Å². The van der Waals surface area contributed by atoms with E-state index in [1.54, 1.807) is 29.0 Å². The summed E-state index contributed by atoms with van der Waals surface area (Å²) in [6.07, 6.45) is 1.82. The van der Waals surface area contributed by atoms with E-state index in [1.807, 2.05) is 6.20 Å². The molecule has 2 heterocycles. The Balaban J connectivity index is 2.02. The number of rotatable bonds is 3. The average Bonchev–Trinajstić information content (AvgIpc) is 2.73. The normalized spacial score (nSPS) is 10.1. The van der Waals surface area contributed by atoms with Gasteiger partial charge < -0.3 is 16.8 Å². The van der Waals surface area contributed by atoms with Crippen LogP contribution in [-0.2, 0) is 6.54 Å². The minimum atomic E-state index is 0.351. The first-order valence-electron chi connectivity index (χ1n) is 4.39. The van der Waals surface area contributed by atoms with Gasteiger partial charge in [-0.3, -0.25) is 4.98 Å². The van der Waals surface area contributed by atoms with Gasteiger partial charge in [0.05, 0.1) is 17.7 Å². The molecular formula is C9H11N5S. The number of nitrogens with zero attached hydrogens (tertiary/aromatic N) is 2. The molecule has 6 heteroatoms. The van der Waals surface area contributed by atoms with Gasteiger partial charge in [-0.15, -0.1) is 11.3 Å². The van der Waals surface area contributed by atoms with Crippen molar-refractivity contribution in [2.24, 2.45) is 0 Å². The zero-order valence-electron chi connectivity index (χ0n) is 7.97. The van der Waals surface area contributed by atoms with Crippen molar-refractivity contribution >= 4 is 28.7 Å². The van der Waals surface area contributed by atoms with E-state index in [1.165, 1.54) is 0 Å². The number of hydrogen-bond acceptors (Lipinski definition) is 6. The van der Waals surface area contributed by atoms with Gasteiger partial charge in [-0.1, -0.05) is 0 Å². The number of nitrogen functional groups attached to an aromatic ring is 2. The van der Waals surface area contributed by atoms with Crippen molar-refractivity contribution in [3.8, 4) is 0 Å². The zero-order valence-corrected chi connectivity index (χ0v) is 8.79. The number of nitrogens with one attached hydrogen (secondary N) is 1. The van der Waals surface area contributed by atoms with Crippen molar-refractivity contribution in [2.75, 3.05) is 16.8 Å². The molecule has 0 saturated heterocycles. The lowest BCUT2D eigenvalue weighted by Crippen LogP contribution is -2.03. The molecule has 15 heavy (non-hydrogen) atoms. The predicted octanol–water partition coefficient (Wildman–Crippen LogP) is 1.31. The van der Waals surface area contributed by atoms with E-state index in [0.29, 0.717) is 18.1 Å². The molecule has 0 radical (unpaired) electrons. The highest BCUT2D eigenvalue weighted by Gasteiger charge is 1.99. The number of thiazole rings is 1. The lowest BCUT2D eigenvalue weighted by Gasteiger charge is -2.05. The summed E-state index contributed by atoms with van der Waals surface area (Å²) in [5.41, 5.74) is 13.4. The highest BCUT2D eigenvalue weighted by atomic mass is 32.1. The second kappa shape index (κ2) is 4.14. The number of pyridine rings is 1. The van der Waals surface area contributed by atoms with Crippen molar-refractivity contribution in [3.63, 3.8) is 0 Å². The molecule has 2 aromatic heterocycles. The Morgan fingerprint density at radius 3 is 2.87 bits per heavy atom. The fourth-order valence-corrected chi connectivity index (χ4v) is 1.63. The Hall–Kier alpha value is -1.82. The Bertz CT molecular complexity index is 440. The van der Waals surface area contributed by atoms with Gasteiger partial charge in [0.25, 0.3) is 0 Å². The largest absolute Gasteiger partial charge is 0.396 e. The summed E-state index contributed by atoms with van der Waals surface area (Å²) >= 11 is 1.59. The maximum atomic E-state index is 5.58. The highest BCUT2D eigenvalue weighted by Crippen LogP contribution is 2.15. The van der Waals surface area contributed by atoms with Crippen LogP contribution in [0.1, 0.15) is 4.88 Å². The van der Waals surface area contributed by atoms with Crippen LogP contribution in [0, 0.1) is 0 Å².